The highest BCUT2D eigenvalue weighted by molar-refractivity contribution is 9.09. The van der Waals surface area contributed by atoms with Crippen molar-refractivity contribution in [2.75, 3.05) is 23.9 Å². The molecule has 0 saturated carbocycles. The minimum Gasteiger partial charge on any atom is -0.508 e. The van der Waals surface area contributed by atoms with Crippen LogP contribution in [0.1, 0.15) is 81.3 Å². The van der Waals surface area contributed by atoms with Gasteiger partial charge in [-0.2, -0.15) is 0 Å². The van der Waals surface area contributed by atoms with Gasteiger partial charge in [0.15, 0.2) is 0 Å². The van der Waals surface area contributed by atoms with Crippen molar-refractivity contribution in [2.45, 2.75) is 44.9 Å². The van der Waals surface area contributed by atoms with E-state index in [0.29, 0.717) is 65.6 Å². The maximum absolute atomic E-state index is 12.6. The molecule has 0 radical (unpaired) electrons. The molecule has 0 heterocycles. The number of alkyl halides is 2. The molecular weight excluding hydrogens is 1040 g/mol. The zero-order valence-electron chi connectivity index (χ0n) is 40.7. The van der Waals surface area contributed by atoms with Crippen LogP contribution in [-0.2, 0) is 19.3 Å². The quantitative estimate of drug-likeness (QED) is 0.0357. The number of hydrogen-bond acceptors (Lipinski definition) is 8. The Morgan fingerprint density at radius 3 is 1.21 bits per heavy atom. The summed E-state index contributed by atoms with van der Waals surface area (Å²) in [6.45, 7) is 1.02. The van der Waals surface area contributed by atoms with Crippen molar-refractivity contribution in [3.63, 3.8) is 0 Å². The van der Waals surface area contributed by atoms with E-state index in [9.17, 15) is 10.2 Å². The van der Waals surface area contributed by atoms with Crippen LogP contribution in [-0.4, -0.2) is 58.9 Å². The summed E-state index contributed by atoms with van der Waals surface area (Å²) in [5, 5.41) is 25.7. The molecule has 368 valence electrons. The van der Waals surface area contributed by atoms with Crippen molar-refractivity contribution in [1.29, 1.82) is 0 Å². The van der Waals surface area contributed by atoms with Gasteiger partial charge in [0.05, 0.1) is 36.0 Å². The second-order valence-corrected chi connectivity index (χ2v) is 19.1. The number of phenols is 2. The highest BCUT2D eigenvalue weighted by Gasteiger charge is 2.20. The summed E-state index contributed by atoms with van der Waals surface area (Å²) in [4.78, 5) is 19.6. The summed E-state index contributed by atoms with van der Waals surface area (Å²) in [7, 11) is 0. The third-order valence-electron chi connectivity index (χ3n) is 11.9. The standard InChI is InChI=1S/C63H58Br2N4O4/c64-29-13-15-31-72-61-28-26-57(67-43-47-19-7-2-8-20-47)37-51(61)34-52-38-58(68-44-48-21-9-3-10-22-48)39-53(62(52)71)35-55-41-59(69-45-49-23-11-4-12-24-49)40-54(63(55)73-32-16-14-30-65)33-50-36-56(25-27-60(50)70)66-42-46-17-5-1-6-18-46/h1-12,17-28,36-45,70-71H,13-16,29-35H2/b66-42+,67-43+,68-44+,69-45+. The summed E-state index contributed by atoms with van der Waals surface area (Å²) >= 11 is 7.14. The monoisotopic (exact) mass is 1090 g/mol. The summed E-state index contributed by atoms with van der Waals surface area (Å²) in [6.07, 6.45) is 12.0. The van der Waals surface area contributed by atoms with Crippen LogP contribution in [0.4, 0.5) is 22.7 Å². The van der Waals surface area contributed by atoms with E-state index in [2.05, 4.69) is 31.9 Å². The molecule has 0 aliphatic carbocycles. The number of unbranched alkanes of at least 4 members (excludes halogenated alkanes) is 2. The fraction of sp³-hybridized carbons (Fsp3) is 0.175. The lowest BCUT2D eigenvalue weighted by molar-refractivity contribution is 0.304. The minimum atomic E-state index is 0.147. The molecule has 0 saturated heterocycles. The Kier molecular flexibility index (Phi) is 19.5. The fourth-order valence-electron chi connectivity index (χ4n) is 8.18. The molecule has 8 aromatic carbocycles. The maximum Gasteiger partial charge on any atom is 0.126 e. The second kappa shape index (κ2) is 27.4. The van der Waals surface area contributed by atoms with Crippen LogP contribution in [0.25, 0.3) is 0 Å². The van der Waals surface area contributed by atoms with Gasteiger partial charge in [-0.25, -0.2) is 0 Å². The summed E-state index contributed by atoms with van der Waals surface area (Å²) in [5.41, 5.74) is 11.3. The number of nitrogens with zero attached hydrogens (tertiary/aromatic N) is 4. The molecule has 0 bridgehead atoms. The number of aliphatic imine (C=N–C) groups is 4. The molecule has 0 fully saturated rings. The van der Waals surface area contributed by atoms with Crippen molar-refractivity contribution in [1.82, 2.24) is 0 Å². The van der Waals surface area contributed by atoms with Gasteiger partial charge >= 0.3 is 0 Å². The first kappa shape index (κ1) is 51.9. The lowest BCUT2D eigenvalue weighted by Gasteiger charge is -2.20. The van der Waals surface area contributed by atoms with Crippen LogP contribution >= 0.6 is 31.9 Å². The highest BCUT2D eigenvalue weighted by atomic mass is 79.9. The van der Waals surface area contributed by atoms with Gasteiger partial charge in [-0.3, -0.25) is 20.0 Å². The van der Waals surface area contributed by atoms with Gasteiger partial charge in [0.1, 0.15) is 23.0 Å². The Labute approximate surface area is 445 Å². The fourth-order valence-corrected chi connectivity index (χ4v) is 8.97. The van der Waals surface area contributed by atoms with Gasteiger partial charge < -0.3 is 19.7 Å². The first-order valence-electron chi connectivity index (χ1n) is 24.6. The summed E-state index contributed by atoms with van der Waals surface area (Å²) in [5.74, 6) is 1.70. The molecule has 8 aromatic rings. The van der Waals surface area contributed by atoms with Gasteiger partial charge in [-0.05, 0) is 109 Å². The van der Waals surface area contributed by atoms with E-state index >= 15 is 0 Å². The number of phenolic OH excluding ortho intramolecular Hbond substituents is 2. The molecule has 0 aliphatic rings. The molecule has 0 atom stereocenters. The van der Waals surface area contributed by atoms with E-state index in [1.54, 1.807) is 6.07 Å². The molecule has 8 rings (SSSR count). The first-order chi connectivity index (χ1) is 35.9. The molecule has 0 unspecified atom stereocenters. The predicted octanol–water partition coefficient (Wildman–Crippen LogP) is 16.0. The largest absolute Gasteiger partial charge is 0.508 e. The molecule has 0 aromatic heterocycles. The Balaban J connectivity index is 1.24. The van der Waals surface area contributed by atoms with Gasteiger partial charge in [0.25, 0.3) is 0 Å². The Bertz CT molecular complexity index is 3150. The van der Waals surface area contributed by atoms with Gasteiger partial charge in [0, 0.05) is 88.2 Å². The predicted molar refractivity (Wildman–Crippen MR) is 309 cm³/mol. The molecule has 0 amide bonds. The molecule has 0 spiro atoms. The number of benzene rings is 8. The van der Waals surface area contributed by atoms with Gasteiger partial charge in [0.2, 0.25) is 0 Å². The van der Waals surface area contributed by atoms with E-state index in [4.69, 9.17) is 29.4 Å². The normalized spacial score (nSPS) is 11.6. The average Bonchev–Trinajstić information content (AvgIpc) is 3.42. The molecule has 73 heavy (non-hydrogen) atoms. The first-order valence-corrected chi connectivity index (χ1v) is 26.8. The minimum absolute atomic E-state index is 0.147. The smallest absolute Gasteiger partial charge is 0.126 e. The van der Waals surface area contributed by atoms with Crippen LogP contribution in [0.3, 0.4) is 0 Å². The van der Waals surface area contributed by atoms with Gasteiger partial charge in [-0.15, -0.1) is 0 Å². The number of hydrogen-bond donors (Lipinski definition) is 2. The number of rotatable bonds is 24. The third kappa shape index (κ3) is 15.8. The van der Waals surface area contributed by atoms with Gasteiger partial charge in [-0.1, -0.05) is 153 Å². The van der Waals surface area contributed by atoms with Crippen molar-refractivity contribution in [3.05, 3.63) is 238 Å². The van der Waals surface area contributed by atoms with Crippen LogP contribution < -0.4 is 9.47 Å². The summed E-state index contributed by atoms with van der Waals surface area (Å²) < 4.78 is 13.3. The van der Waals surface area contributed by atoms with E-state index in [1.807, 2.05) is 201 Å². The van der Waals surface area contributed by atoms with Crippen LogP contribution in [0.15, 0.2) is 202 Å². The Morgan fingerprint density at radius 2 is 0.740 bits per heavy atom. The number of aromatic hydroxyl groups is 2. The van der Waals surface area contributed by atoms with Crippen molar-refractivity contribution in [3.8, 4) is 23.0 Å². The molecule has 8 nitrogen and oxygen atoms in total. The summed E-state index contributed by atoms with van der Waals surface area (Å²) in [6, 6.07) is 59.2. The van der Waals surface area contributed by atoms with E-state index in [1.165, 1.54) is 0 Å². The Hall–Kier alpha value is -7.40. The molecule has 10 heteroatoms. The van der Waals surface area contributed by atoms with Crippen LogP contribution in [0.2, 0.25) is 0 Å². The third-order valence-corrected chi connectivity index (χ3v) is 13.1. The van der Waals surface area contributed by atoms with Crippen molar-refractivity contribution in [2.24, 2.45) is 20.0 Å². The zero-order chi connectivity index (χ0) is 50.5. The highest BCUT2D eigenvalue weighted by Crippen LogP contribution is 2.40. The lowest BCUT2D eigenvalue weighted by Crippen LogP contribution is -2.06. The molecule has 2 N–H and O–H groups in total. The van der Waals surface area contributed by atoms with E-state index in [0.717, 1.165) is 86.7 Å². The molecule has 0 aliphatic heterocycles. The topological polar surface area (TPSA) is 108 Å². The van der Waals surface area contributed by atoms with Crippen molar-refractivity contribution < 1.29 is 19.7 Å². The maximum atomic E-state index is 12.6. The number of ether oxygens (including phenoxy) is 2. The molecular formula is C63H58Br2N4O4. The second-order valence-electron chi connectivity index (χ2n) is 17.5. The van der Waals surface area contributed by atoms with Crippen molar-refractivity contribution >= 4 is 79.5 Å². The van der Waals surface area contributed by atoms with Crippen LogP contribution in [0, 0.1) is 0 Å². The van der Waals surface area contributed by atoms with E-state index < -0.39 is 0 Å². The zero-order valence-corrected chi connectivity index (χ0v) is 43.8. The Morgan fingerprint density at radius 1 is 0.370 bits per heavy atom. The van der Waals surface area contributed by atoms with E-state index in [-0.39, 0.29) is 17.9 Å². The SMILES string of the molecule is Oc1ccc(/N=C/c2ccccc2)cc1Cc1cc(/N=C/c2ccccc2)cc(Cc2cc(/N=C/c3ccccc3)cc(Cc3cc(/N=C/c4ccccc4)ccc3OCCCCBr)c2O)c1OCCCCBr. The lowest BCUT2D eigenvalue weighted by atomic mass is 9.93. The number of halogens is 2. The average molecular weight is 1090 g/mol. The van der Waals surface area contributed by atoms with Crippen LogP contribution in [0.5, 0.6) is 23.0 Å².